The number of nitrogens with one attached hydrogen (secondary N) is 1. The molecule has 8 nitrogen and oxygen atoms in total. The number of hydrogen-bond donors (Lipinski definition) is 2. The number of hydrogen-bond acceptors (Lipinski definition) is 7. The minimum atomic E-state index is -0.891. The van der Waals surface area contributed by atoms with Crippen molar-refractivity contribution in [3.05, 3.63) is 53.4 Å². The first kappa shape index (κ1) is 20.6. The summed E-state index contributed by atoms with van der Waals surface area (Å²) in [4.78, 5) is 25.8. The molecule has 8 heteroatoms. The second-order valence-corrected chi connectivity index (χ2v) is 8.54. The predicted molar refractivity (Wildman–Crippen MR) is 110 cm³/mol. The number of carbonyl (C=O) groups is 1. The van der Waals surface area contributed by atoms with Gasteiger partial charge in [0.15, 0.2) is 0 Å². The summed E-state index contributed by atoms with van der Waals surface area (Å²) in [7, 11) is 0. The van der Waals surface area contributed by atoms with Crippen molar-refractivity contribution in [2.75, 3.05) is 6.54 Å². The van der Waals surface area contributed by atoms with Crippen molar-refractivity contribution in [2.24, 2.45) is 10.9 Å². The molecule has 1 fully saturated rings. The molecule has 0 spiro atoms. The molecule has 2 aliphatic heterocycles. The summed E-state index contributed by atoms with van der Waals surface area (Å²) in [5, 5.41) is 14.3. The molecular weight excluding hydrogens is 384 g/mol. The third-order valence-corrected chi connectivity index (χ3v) is 5.76. The number of β-amino-alcohol motifs (C(OH)–C–C–N with tert-alkyl or cyclic N) is 1. The number of nitrogens with zero attached hydrogens (tertiary/aromatic N) is 3. The van der Waals surface area contributed by atoms with Gasteiger partial charge in [0.1, 0.15) is 17.5 Å². The van der Waals surface area contributed by atoms with E-state index in [1.165, 1.54) is 0 Å². The zero-order chi connectivity index (χ0) is 21.5. The molecule has 4 atom stereocenters. The Balaban J connectivity index is 1.62. The lowest BCUT2D eigenvalue weighted by molar-refractivity contribution is -0.134. The van der Waals surface area contributed by atoms with E-state index in [1.54, 1.807) is 11.0 Å². The number of benzene rings is 1. The minimum absolute atomic E-state index is 0.00699. The van der Waals surface area contributed by atoms with Crippen LogP contribution in [0.25, 0.3) is 0 Å². The van der Waals surface area contributed by atoms with E-state index >= 15 is 0 Å². The Bertz CT molecular complexity index is 942. The monoisotopic (exact) mass is 412 g/mol. The van der Waals surface area contributed by atoms with Crippen molar-refractivity contribution in [2.45, 2.75) is 57.9 Å². The van der Waals surface area contributed by atoms with E-state index in [9.17, 15) is 9.90 Å². The molecule has 0 unspecified atom stereocenters. The van der Waals surface area contributed by atoms with Gasteiger partial charge in [-0.25, -0.2) is 15.3 Å². The third-order valence-electron chi connectivity index (χ3n) is 5.76. The maximum atomic E-state index is 13.5. The number of aliphatic hydroxyl groups is 1. The van der Waals surface area contributed by atoms with Crippen LogP contribution in [-0.2, 0) is 15.4 Å². The lowest BCUT2D eigenvalue weighted by Crippen LogP contribution is -2.46. The van der Waals surface area contributed by atoms with Crippen molar-refractivity contribution in [1.29, 1.82) is 0 Å². The van der Waals surface area contributed by atoms with Crippen LogP contribution in [0.2, 0.25) is 0 Å². The minimum Gasteiger partial charge on any atom is -0.391 e. The number of aliphatic hydroxyl groups excluding tert-OH is 1. The van der Waals surface area contributed by atoms with Gasteiger partial charge in [0.05, 0.1) is 17.8 Å². The molecule has 1 saturated heterocycles. The smallest absolute Gasteiger partial charge is 0.234 e. The highest BCUT2D eigenvalue weighted by molar-refractivity contribution is 5.94. The van der Waals surface area contributed by atoms with Gasteiger partial charge in [0.25, 0.3) is 0 Å². The van der Waals surface area contributed by atoms with Crippen LogP contribution in [0.3, 0.4) is 0 Å². The first-order chi connectivity index (χ1) is 14.3. The summed E-state index contributed by atoms with van der Waals surface area (Å²) < 4.78 is 5.42. The lowest BCUT2D eigenvalue weighted by atomic mass is 9.91. The highest BCUT2D eigenvalue weighted by Crippen LogP contribution is 2.34. The zero-order valence-electron chi connectivity index (χ0n) is 17.7. The van der Waals surface area contributed by atoms with Crippen molar-refractivity contribution in [1.82, 2.24) is 15.5 Å². The number of amidine groups is 1. The largest absolute Gasteiger partial charge is 0.391 e. The number of rotatable bonds is 5. The topological polar surface area (TPSA) is 100 Å². The van der Waals surface area contributed by atoms with Crippen LogP contribution in [0.1, 0.15) is 50.1 Å². The van der Waals surface area contributed by atoms with Crippen molar-refractivity contribution >= 4 is 11.7 Å². The van der Waals surface area contributed by atoms with Crippen LogP contribution in [0.15, 0.2) is 45.9 Å². The molecule has 0 bridgehead atoms. The molecule has 1 amide bonds. The molecule has 2 aliphatic rings. The first-order valence-corrected chi connectivity index (χ1v) is 10.3. The lowest BCUT2D eigenvalue weighted by Gasteiger charge is -2.29. The molecule has 0 aliphatic carbocycles. The Morgan fingerprint density at radius 2 is 2.07 bits per heavy atom. The van der Waals surface area contributed by atoms with Crippen molar-refractivity contribution in [3.8, 4) is 0 Å². The average Bonchev–Trinajstić information content (AvgIpc) is 3.41. The second-order valence-electron chi connectivity index (χ2n) is 8.54. The maximum absolute atomic E-state index is 13.5. The first-order valence-electron chi connectivity index (χ1n) is 10.3. The molecule has 160 valence electrons. The highest BCUT2D eigenvalue weighted by atomic mass is 16.7. The Labute approximate surface area is 175 Å². The number of carbonyl (C=O) groups excluding carboxylic acids is 1. The van der Waals surface area contributed by atoms with Crippen LogP contribution in [0.5, 0.6) is 0 Å². The van der Waals surface area contributed by atoms with Gasteiger partial charge in [-0.15, -0.1) is 0 Å². The second kappa shape index (κ2) is 7.85. The number of likely N-dealkylation sites (tertiary alicyclic amines) is 1. The number of aliphatic imine (C=N–C) groups is 1. The van der Waals surface area contributed by atoms with Crippen molar-refractivity contribution in [3.63, 3.8) is 0 Å². The number of amides is 1. The van der Waals surface area contributed by atoms with E-state index in [-0.39, 0.29) is 18.4 Å². The molecule has 1 aromatic heterocycles. The average molecular weight is 412 g/mol. The molecule has 30 heavy (non-hydrogen) atoms. The van der Waals surface area contributed by atoms with E-state index in [0.717, 1.165) is 11.3 Å². The van der Waals surface area contributed by atoms with E-state index in [1.807, 2.05) is 58.0 Å². The predicted octanol–water partition coefficient (Wildman–Crippen LogP) is 2.49. The Hall–Kier alpha value is -2.71. The summed E-state index contributed by atoms with van der Waals surface area (Å²) in [6, 6.07) is 11.1. The zero-order valence-corrected chi connectivity index (χ0v) is 17.7. The number of aryl methyl sites for hydroxylation is 1. The molecule has 2 N–H and O–H groups in total. The summed E-state index contributed by atoms with van der Waals surface area (Å²) in [6.07, 6.45) is -0.234. The fourth-order valence-electron chi connectivity index (χ4n) is 4.20. The van der Waals surface area contributed by atoms with Crippen LogP contribution >= 0.6 is 0 Å². The Morgan fingerprint density at radius 3 is 2.70 bits per heavy atom. The molecule has 0 radical (unpaired) electrons. The summed E-state index contributed by atoms with van der Waals surface area (Å²) in [5.41, 5.74) is 3.66. The molecule has 1 aromatic carbocycles. The van der Waals surface area contributed by atoms with Gasteiger partial charge in [0.2, 0.25) is 11.6 Å². The van der Waals surface area contributed by atoms with E-state index in [2.05, 4.69) is 10.6 Å². The standard InChI is InChI=1S/C22H28N4O4/c1-13(2)19(18-10-14(3)24-29-18)21(28)26-12-16(27)11-17(26)20-23-22(4,30-25-20)15-8-6-5-7-9-15/h5-10,13,16-17,19,27H,11-12H2,1-4H3,(H,23,25)/t16-,17+,19-,22+/m1/s1. The summed E-state index contributed by atoms with van der Waals surface area (Å²) in [6.45, 7) is 7.89. The van der Waals surface area contributed by atoms with Crippen LogP contribution in [0, 0.1) is 12.8 Å². The maximum Gasteiger partial charge on any atom is 0.234 e. The van der Waals surface area contributed by atoms with Crippen LogP contribution in [-0.4, -0.2) is 45.6 Å². The normalized spacial score (nSPS) is 27.3. The quantitative estimate of drug-likeness (QED) is 0.783. The molecule has 3 heterocycles. The van der Waals surface area contributed by atoms with Gasteiger partial charge < -0.3 is 14.5 Å². The van der Waals surface area contributed by atoms with E-state index in [0.29, 0.717) is 18.0 Å². The van der Waals surface area contributed by atoms with Gasteiger partial charge in [-0.2, -0.15) is 0 Å². The summed E-state index contributed by atoms with van der Waals surface area (Å²) >= 11 is 0. The van der Waals surface area contributed by atoms with Gasteiger partial charge >= 0.3 is 0 Å². The van der Waals surface area contributed by atoms with Gasteiger partial charge in [-0.3, -0.25) is 4.79 Å². The molecular formula is C22H28N4O4. The number of hydroxylamine groups is 1. The number of aromatic nitrogens is 1. The highest BCUT2D eigenvalue weighted by Gasteiger charge is 2.45. The van der Waals surface area contributed by atoms with Gasteiger partial charge in [0, 0.05) is 24.6 Å². The fraction of sp³-hybridized carbons (Fsp3) is 0.500. The molecule has 4 rings (SSSR count). The molecule has 0 saturated carbocycles. The van der Waals surface area contributed by atoms with Gasteiger partial charge in [-0.1, -0.05) is 49.3 Å². The van der Waals surface area contributed by atoms with Crippen molar-refractivity contribution < 1.29 is 19.3 Å². The Kier molecular flexibility index (Phi) is 5.38. The van der Waals surface area contributed by atoms with E-state index in [4.69, 9.17) is 14.4 Å². The third kappa shape index (κ3) is 3.73. The van der Waals surface area contributed by atoms with E-state index < -0.39 is 23.8 Å². The SMILES string of the molecule is Cc1cc([C@H](C(=O)N2C[C@H](O)C[C@H]2C2=N[C@](C)(c3ccccc3)ON2)C(C)C)on1. The Morgan fingerprint density at radius 1 is 1.33 bits per heavy atom. The molecule has 2 aromatic rings. The summed E-state index contributed by atoms with van der Waals surface area (Å²) in [5.74, 6) is 0.498. The van der Waals surface area contributed by atoms with Crippen LogP contribution in [0.4, 0.5) is 0 Å². The fourth-order valence-corrected chi connectivity index (χ4v) is 4.20. The van der Waals surface area contributed by atoms with Crippen LogP contribution < -0.4 is 5.48 Å². The van der Waals surface area contributed by atoms with Gasteiger partial charge in [-0.05, 0) is 19.8 Å².